The van der Waals surface area contributed by atoms with Gasteiger partial charge in [-0.2, -0.15) is 0 Å². The highest BCUT2D eigenvalue weighted by Gasteiger charge is 2.37. The molecule has 0 bridgehead atoms. The monoisotopic (exact) mass is 326 g/mol. The minimum atomic E-state index is -0.814. The normalized spacial score (nSPS) is 25.8. The zero-order valence-corrected chi connectivity index (χ0v) is 15.6. The van der Waals surface area contributed by atoms with Gasteiger partial charge in [-0.05, 0) is 37.0 Å². The number of carbonyl (C=O) groups is 2. The number of nitrogens with one attached hydrogen (secondary N) is 2. The number of carbonyl (C=O) groups excluding carboxylic acids is 2. The van der Waals surface area contributed by atoms with E-state index in [1.54, 1.807) is 20.8 Å². The fourth-order valence-corrected chi connectivity index (χ4v) is 2.95. The lowest BCUT2D eigenvalue weighted by molar-refractivity contribution is -0.131. The summed E-state index contributed by atoms with van der Waals surface area (Å²) in [7, 11) is 0. The maximum absolute atomic E-state index is 11.8. The summed E-state index contributed by atoms with van der Waals surface area (Å²) in [5.41, 5.74) is -1.06. The molecular weight excluding hydrogens is 292 g/mol. The fourth-order valence-electron chi connectivity index (χ4n) is 2.95. The van der Waals surface area contributed by atoms with E-state index < -0.39 is 11.0 Å². The van der Waals surface area contributed by atoms with E-state index in [0.717, 1.165) is 12.8 Å². The molecule has 1 aliphatic rings. The zero-order chi connectivity index (χ0) is 17.9. The predicted octanol–water partition coefficient (Wildman–Crippen LogP) is 2.23. The summed E-state index contributed by atoms with van der Waals surface area (Å²) < 4.78 is 0. The Hall–Kier alpha value is -1.10. The molecule has 1 rings (SSSR count). The summed E-state index contributed by atoms with van der Waals surface area (Å²) in [6.45, 7) is 12.3. The summed E-state index contributed by atoms with van der Waals surface area (Å²) in [5, 5.41) is 16.0. The molecule has 0 saturated heterocycles. The van der Waals surface area contributed by atoms with Crippen molar-refractivity contribution < 1.29 is 14.7 Å². The molecule has 134 valence electrons. The van der Waals surface area contributed by atoms with E-state index in [-0.39, 0.29) is 30.3 Å². The highest BCUT2D eigenvalue weighted by atomic mass is 16.3. The van der Waals surface area contributed by atoms with Crippen LogP contribution in [0.15, 0.2) is 0 Å². The Morgan fingerprint density at radius 3 is 2.00 bits per heavy atom. The Morgan fingerprint density at radius 1 is 1.04 bits per heavy atom. The van der Waals surface area contributed by atoms with Crippen molar-refractivity contribution in [1.82, 2.24) is 10.6 Å². The van der Waals surface area contributed by atoms with Crippen LogP contribution in [0.4, 0.5) is 0 Å². The van der Waals surface area contributed by atoms with Gasteiger partial charge in [0.1, 0.15) is 0 Å². The van der Waals surface area contributed by atoms with E-state index in [0.29, 0.717) is 18.8 Å². The molecule has 1 fully saturated rings. The van der Waals surface area contributed by atoms with Gasteiger partial charge in [0.2, 0.25) is 11.8 Å². The Balaban J connectivity index is 2.35. The first kappa shape index (κ1) is 19.9. The van der Waals surface area contributed by atoms with Crippen molar-refractivity contribution in [2.45, 2.75) is 72.8 Å². The van der Waals surface area contributed by atoms with Crippen LogP contribution in [0.25, 0.3) is 0 Å². The number of amides is 2. The highest BCUT2D eigenvalue weighted by Crippen LogP contribution is 2.41. The minimum absolute atomic E-state index is 0.0448. The second-order valence-corrected chi connectivity index (χ2v) is 9.07. The number of hydrogen-bond donors (Lipinski definition) is 3. The third kappa shape index (κ3) is 6.50. The SMILES string of the molecule is CC(C)(C)C(=O)NCC(=O)NCC1(O)CCC(C(C)(C)C)CC1. The van der Waals surface area contributed by atoms with E-state index in [9.17, 15) is 14.7 Å². The standard InChI is InChI=1S/C18H34N2O3/c1-16(2,3)13-7-9-18(23,10-8-13)12-20-14(21)11-19-15(22)17(4,5)6/h13,23H,7-12H2,1-6H3,(H,19,22)(H,20,21). The molecule has 0 aliphatic heterocycles. The largest absolute Gasteiger partial charge is 0.388 e. The summed E-state index contributed by atoms with van der Waals surface area (Å²) in [4.78, 5) is 23.6. The summed E-state index contributed by atoms with van der Waals surface area (Å²) >= 11 is 0. The Kier molecular flexibility index (Phi) is 6.25. The van der Waals surface area contributed by atoms with Crippen molar-refractivity contribution in [3.63, 3.8) is 0 Å². The van der Waals surface area contributed by atoms with Crippen molar-refractivity contribution in [3.05, 3.63) is 0 Å². The lowest BCUT2D eigenvalue weighted by Crippen LogP contribution is -2.49. The number of hydrogen-bond acceptors (Lipinski definition) is 3. The van der Waals surface area contributed by atoms with Gasteiger partial charge in [-0.15, -0.1) is 0 Å². The molecule has 0 aromatic carbocycles. The van der Waals surface area contributed by atoms with Crippen molar-refractivity contribution in [2.24, 2.45) is 16.7 Å². The molecule has 2 amide bonds. The average Bonchev–Trinajstić information content (AvgIpc) is 2.41. The van der Waals surface area contributed by atoms with Crippen LogP contribution in [0.3, 0.4) is 0 Å². The molecular formula is C18H34N2O3. The molecule has 23 heavy (non-hydrogen) atoms. The van der Waals surface area contributed by atoms with Crippen LogP contribution in [0.2, 0.25) is 0 Å². The molecule has 1 aliphatic carbocycles. The Morgan fingerprint density at radius 2 is 1.57 bits per heavy atom. The molecule has 0 atom stereocenters. The molecule has 0 radical (unpaired) electrons. The molecule has 0 aromatic heterocycles. The number of aliphatic hydroxyl groups is 1. The van der Waals surface area contributed by atoms with Crippen LogP contribution in [-0.2, 0) is 9.59 Å². The van der Waals surface area contributed by atoms with Crippen LogP contribution in [0.1, 0.15) is 67.2 Å². The first-order valence-electron chi connectivity index (χ1n) is 8.61. The van der Waals surface area contributed by atoms with Crippen molar-refractivity contribution in [3.8, 4) is 0 Å². The zero-order valence-electron chi connectivity index (χ0n) is 15.6. The Labute approximate surface area is 140 Å². The van der Waals surface area contributed by atoms with E-state index in [1.165, 1.54) is 0 Å². The quantitative estimate of drug-likeness (QED) is 0.741. The van der Waals surface area contributed by atoms with Gasteiger partial charge in [-0.25, -0.2) is 0 Å². The smallest absolute Gasteiger partial charge is 0.239 e. The second-order valence-electron chi connectivity index (χ2n) is 9.07. The summed E-state index contributed by atoms with van der Waals surface area (Å²) in [6.07, 6.45) is 3.39. The van der Waals surface area contributed by atoms with Gasteiger partial charge in [0, 0.05) is 12.0 Å². The molecule has 1 saturated carbocycles. The molecule has 0 spiro atoms. The van der Waals surface area contributed by atoms with Crippen molar-refractivity contribution in [2.75, 3.05) is 13.1 Å². The van der Waals surface area contributed by atoms with E-state index >= 15 is 0 Å². The molecule has 3 N–H and O–H groups in total. The first-order chi connectivity index (χ1) is 10.3. The van der Waals surface area contributed by atoms with Gasteiger partial charge in [-0.1, -0.05) is 41.5 Å². The lowest BCUT2D eigenvalue weighted by Gasteiger charge is -2.41. The molecule has 5 nitrogen and oxygen atoms in total. The van der Waals surface area contributed by atoms with Gasteiger partial charge < -0.3 is 15.7 Å². The summed E-state index contributed by atoms with van der Waals surface area (Å²) in [5.74, 6) is 0.204. The van der Waals surface area contributed by atoms with Gasteiger partial charge in [0.15, 0.2) is 0 Å². The molecule has 0 aromatic rings. The minimum Gasteiger partial charge on any atom is -0.388 e. The first-order valence-corrected chi connectivity index (χ1v) is 8.61. The summed E-state index contributed by atoms with van der Waals surface area (Å²) in [6, 6.07) is 0. The van der Waals surface area contributed by atoms with E-state index in [2.05, 4.69) is 31.4 Å². The van der Waals surface area contributed by atoms with Crippen LogP contribution in [0, 0.1) is 16.7 Å². The van der Waals surface area contributed by atoms with E-state index in [4.69, 9.17) is 0 Å². The third-order valence-electron chi connectivity index (χ3n) is 4.85. The molecule has 0 unspecified atom stereocenters. The topological polar surface area (TPSA) is 78.4 Å². The molecule has 0 heterocycles. The van der Waals surface area contributed by atoms with Gasteiger partial charge in [0.05, 0.1) is 12.1 Å². The average molecular weight is 326 g/mol. The number of rotatable bonds is 4. The van der Waals surface area contributed by atoms with Crippen molar-refractivity contribution in [1.29, 1.82) is 0 Å². The predicted molar refractivity (Wildman–Crippen MR) is 91.8 cm³/mol. The van der Waals surface area contributed by atoms with Crippen molar-refractivity contribution >= 4 is 11.8 Å². The van der Waals surface area contributed by atoms with Gasteiger partial charge in [-0.3, -0.25) is 9.59 Å². The van der Waals surface area contributed by atoms with Gasteiger partial charge >= 0.3 is 0 Å². The lowest BCUT2D eigenvalue weighted by atomic mass is 9.68. The Bertz CT molecular complexity index is 425. The van der Waals surface area contributed by atoms with Crippen LogP contribution >= 0.6 is 0 Å². The fraction of sp³-hybridized carbons (Fsp3) is 0.889. The van der Waals surface area contributed by atoms with Crippen LogP contribution in [-0.4, -0.2) is 35.6 Å². The second kappa shape index (κ2) is 7.20. The highest BCUT2D eigenvalue weighted by molar-refractivity contribution is 5.87. The maximum Gasteiger partial charge on any atom is 0.239 e. The maximum atomic E-state index is 11.8. The van der Waals surface area contributed by atoms with Crippen LogP contribution < -0.4 is 10.6 Å². The molecule has 5 heteroatoms. The van der Waals surface area contributed by atoms with Crippen LogP contribution in [0.5, 0.6) is 0 Å². The van der Waals surface area contributed by atoms with Gasteiger partial charge in [0.25, 0.3) is 0 Å². The van der Waals surface area contributed by atoms with E-state index in [1.807, 2.05) is 0 Å². The third-order valence-corrected chi connectivity index (χ3v) is 4.85.